The summed E-state index contributed by atoms with van der Waals surface area (Å²) in [4.78, 5) is 0. The van der Waals surface area contributed by atoms with Crippen LogP contribution in [0.5, 0.6) is 0 Å². The van der Waals surface area contributed by atoms with Crippen molar-refractivity contribution in [1.82, 2.24) is 15.1 Å². The molecule has 1 atom stereocenters. The maximum absolute atomic E-state index is 5.63. The standard InChI is InChI=1S/C15H27N3O/c1-4-19-15-10-12(11-15)9-13(16-2)5-6-14-7-8-17-18(14)3/h7-8,12-13,15-16H,4-6,9-11H2,1-3H3. The van der Waals surface area contributed by atoms with Crippen LogP contribution in [-0.2, 0) is 18.2 Å². The summed E-state index contributed by atoms with van der Waals surface area (Å²) in [7, 11) is 4.09. The Morgan fingerprint density at radius 3 is 2.89 bits per heavy atom. The summed E-state index contributed by atoms with van der Waals surface area (Å²) in [5.74, 6) is 0.848. The van der Waals surface area contributed by atoms with Crippen LogP contribution in [0.25, 0.3) is 0 Å². The molecule has 4 heteroatoms. The van der Waals surface area contributed by atoms with Gasteiger partial charge in [-0.15, -0.1) is 0 Å². The quantitative estimate of drug-likeness (QED) is 0.783. The van der Waals surface area contributed by atoms with Gasteiger partial charge in [-0.2, -0.15) is 5.10 Å². The van der Waals surface area contributed by atoms with Crippen LogP contribution >= 0.6 is 0 Å². The molecule has 1 aliphatic carbocycles. The van der Waals surface area contributed by atoms with Gasteiger partial charge in [0.05, 0.1) is 6.10 Å². The number of hydrogen-bond donors (Lipinski definition) is 1. The first kappa shape index (κ1) is 14.5. The van der Waals surface area contributed by atoms with E-state index < -0.39 is 0 Å². The SMILES string of the molecule is CCOC1CC(CC(CCc2ccnn2C)NC)C1. The van der Waals surface area contributed by atoms with Gasteiger partial charge in [-0.25, -0.2) is 0 Å². The highest BCUT2D eigenvalue weighted by Crippen LogP contribution is 2.34. The van der Waals surface area contributed by atoms with Gasteiger partial charge in [0.2, 0.25) is 0 Å². The molecule has 0 amide bonds. The van der Waals surface area contributed by atoms with Gasteiger partial charge in [0.25, 0.3) is 0 Å². The van der Waals surface area contributed by atoms with Crippen LogP contribution in [0.1, 0.15) is 38.3 Å². The molecule has 0 bridgehead atoms. The van der Waals surface area contributed by atoms with E-state index >= 15 is 0 Å². The van der Waals surface area contributed by atoms with Crippen molar-refractivity contribution < 1.29 is 4.74 Å². The molecule has 108 valence electrons. The highest BCUT2D eigenvalue weighted by Gasteiger charge is 2.30. The molecule has 1 aliphatic rings. The summed E-state index contributed by atoms with van der Waals surface area (Å²) in [5, 5.41) is 7.68. The first-order chi connectivity index (χ1) is 9.22. The average molecular weight is 265 g/mol. The molecule has 1 N–H and O–H groups in total. The minimum absolute atomic E-state index is 0.532. The molecule has 2 rings (SSSR count). The number of ether oxygens (including phenoxy) is 1. The van der Waals surface area contributed by atoms with E-state index in [1.807, 2.05) is 17.9 Å². The van der Waals surface area contributed by atoms with Crippen LogP contribution < -0.4 is 5.32 Å². The number of aryl methyl sites for hydroxylation is 2. The van der Waals surface area contributed by atoms with E-state index in [9.17, 15) is 0 Å². The van der Waals surface area contributed by atoms with Gasteiger partial charge >= 0.3 is 0 Å². The molecule has 19 heavy (non-hydrogen) atoms. The Morgan fingerprint density at radius 1 is 1.53 bits per heavy atom. The second-order valence-electron chi connectivity index (χ2n) is 5.62. The Balaban J connectivity index is 1.68. The fraction of sp³-hybridized carbons (Fsp3) is 0.800. The lowest BCUT2D eigenvalue weighted by Crippen LogP contribution is -2.37. The van der Waals surface area contributed by atoms with E-state index in [0.717, 1.165) is 18.9 Å². The second kappa shape index (κ2) is 7.06. The highest BCUT2D eigenvalue weighted by molar-refractivity contribution is 5.00. The van der Waals surface area contributed by atoms with E-state index in [1.54, 1.807) is 0 Å². The lowest BCUT2D eigenvalue weighted by molar-refractivity contribution is -0.0290. The summed E-state index contributed by atoms with van der Waals surface area (Å²) in [6, 6.07) is 2.73. The first-order valence-corrected chi connectivity index (χ1v) is 7.48. The van der Waals surface area contributed by atoms with E-state index in [-0.39, 0.29) is 0 Å². The predicted molar refractivity (Wildman–Crippen MR) is 77.1 cm³/mol. The zero-order valence-corrected chi connectivity index (χ0v) is 12.4. The molecule has 1 heterocycles. The first-order valence-electron chi connectivity index (χ1n) is 7.48. The molecule has 0 radical (unpaired) electrons. The van der Waals surface area contributed by atoms with E-state index in [4.69, 9.17) is 4.74 Å². The van der Waals surface area contributed by atoms with E-state index in [2.05, 4.69) is 30.5 Å². The Hall–Kier alpha value is -0.870. The lowest BCUT2D eigenvalue weighted by Gasteiger charge is -2.37. The molecule has 4 nitrogen and oxygen atoms in total. The van der Waals surface area contributed by atoms with Gasteiger partial charge < -0.3 is 10.1 Å². The van der Waals surface area contributed by atoms with Crippen molar-refractivity contribution in [1.29, 1.82) is 0 Å². The average Bonchev–Trinajstić information content (AvgIpc) is 2.76. The van der Waals surface area contributed by atoms with Crippen LogP contribution in [0.3, 0.4) is 0 Å². The zero-order valence-electron chi connectivity index (χ0n) is 12.4. The third-order valence-corrected chi connectivity index (χ3v) is 4.29. The fourth-order valence-corrected chi connectivity index (χ4v) is 2.99. The second-order valence-corrected chi connectivity index (χ2v) is 5.62. The molecule has 1 aromatic heterocycles. The summed E-state index contributed by atoms with van der Waals surface area (Å²) in [6.45, 7) is 2.94. The Kier molecular flexibility index (Phi) is 5.40. The van der Waals surface area contributed by atoms with E-state index in [0.29, 0.717) is 12.1 Å². The number of hydrogen-bond acceptors (Lipinski definition) is 3. The molecular weight excluding hydrogens is 238 g/mol. The largest absolute Gasteiger partial charge is 0.378 e. The van der Waals surface area contributed by atoms with Gasteiger partial charge in [0, 0.05) is 31.6 Å². The third-order valence-electron chi connectivity index (χ3n) is 4.29. The molecule has 0 aliphatic heterocycles. The van der Waals surface area contributed by atoms with Crippen LogP contribution in [0.4, 0.5) is 0 Å². The lowest BCUT2D eigenvalue weighted by atomic mass is 9.77. The smallest absolute Gasteiger partial charge is 0.0580 e. The molecule has 1 fully saturated rings. The van der Waals surface area contributed by atoms with E-state index in [1.165, 1.54) is 31.4 Å². The zero-order chi connectivity index (χ0) is 13.7. The van der Waals surface area contributed by atoms with Gasteiger partial charge in [0.15, 0.2) is 0 Å². The van der Waals surface area contributed by atoms with Crippen molar-refractivity contribution >= 4 is 0 Å². The van der Waals surface area contributed by atoms with Crippen LogP contribution in [-0.4, -0.2) is 35.6 Å². The van der Waals surface area contributed by atoms with Crippen LogP contribution in [0, 0.1) is 5.92 Å². The van der Waals surface area contributed by atoms with Gasteiger partial charge in [-0.05, 0) is 58.1 Å². The summed E-state index contributed by atoms with van der Waals surface area (Å²) < 4.78 is 7.60. The number of nitrogens with one attached hydrogen (secondary N) is 1. The molecule has 0 spiro atoms. The van der Waals surface area contributed by atoms with Crippen LogP contribution in [0.15, 0.2) is 12.3 Å². The molecule has 1 aromatic rings. The highest BCUT2D eigenvalue weighted by atomic mass is 16.5. The predicted octanol–water partition coefficient (Wildman–Crippen LogP) is 2.15. The summed E-state index contributed by atoms with van der Waals surface area (Å²) >= 11 is 0. The topological polar surface area (TPSA) is 39.1 Å². The minimum Gasteiger partial charge on any atom is -0.378 e. The molecule has 0 saturated heterocycles. The van der Waals surface area contributed by atoms with Crippen molar-refractivity contribution in [2.45, 2.75) is 51.2 Å². The van der Waals surface area contributed by atoms with Crippen molar-refractivity contribution in [2.24, 2.45) is 13.0 Å². The van der Waals surface area contributed by atoms with Crippen molar-refractivity contribution in [3.63, 3.8) is 0 Å². The Morgan fingerprint density at radius 2 is 2.32 bits per heavy atom. The number of nitrogens with zero attached hydrogens (tertiary/aromatic N) is 2. The molecule has 1 saturated carbocycles. The normalized spacial score (nSPS) is 24.2. The van der Waals surface area contributed by atoms with Gasteiger partial charge in [-0.3, -0.25) is 4.68 Å². The monoisotopic (exact) mass is 265 g/mol. The van der Waals surface area contributed by atoms with Crippen molar-refractivity contribution in [3.8, 4) is 0 Å². The maximum Gasteiger partial charge on any atom is 0.0580 e. The van der Waals surface area contributed by atoms with Crippen molar-refractivity contribution in [3.05, 3.63) is 18.0 Å². The Labute approximate surface area is 116 Å². The third kappa shape index (κ3) is 4.05. The van der Waals surface area contributed by atoms with Crippen LogP contribution in [0.2, 0.25) is 0 Å². The van der Waals surface area contributed by atoms with Gasteiger partial charge in [-0.1, -0.05) is 0 Å². The maximum atomic E-state index is 5.63. The van der Waals surface area contributed by atoms with Gasteiger partial charge in [0.1, 0.15) is 0 Å². The molecule has 0 aromatic carbocycles. The fourth-order valence-electron chi connectivity index (χ4n) is 2.99. The molecule has 1 unspecified atom stereocenters. The summed E-state index contributed by atoms with van der Waals surface area (Å²) in [6.07, 6.45) is 8.47. The summed E-state index contributed by atoms with van der Waals surface area (Å²) in [5.41, 5.74) is 1.32. The molecular formula is C15H27N3O. The number of rotatable bonds is 8. The number of aromatic nitrogens is 2. The minimum atomic E-state index is 0.532. The van der Waals surface area contributed by atoms with Crippen molar-refractivity contribution in [2.75, 3.05) is 13.7 Å². The Bertz CT molecular complexity index is 371.